The molecule has 2 saturated heterocycles. The lowest BCUT2D eigenvalue weighted by atomic mass is 9.90. The van der Waals surface area contributed by atoms with E-state index in [2.05, 4.69) is 6.92 Å². The summed E-state index contributed by atoms with van der Waals surface area (Å²) in [5.41, 5.74) is 7.27. The highest BCUT2D eigenvalue weighted by molar-refractivity contribution is 6.01. The number of likely N-dealkylation sites (tertiary alicyclic amines) is 2. The fourth-order valence-electron chi connectivity index (χ4n) is 3.28. The molecule has 2 aliphatic rings. The van der Waals surface area contributed by atoms with Gasteiger partial charge in [-0.15, -0.1) is 12.4 Å². The Bertz CT molecular complexity index is 661. The first kappa shape index (κ1) is 19.4. The average molecular weight is 366 g/mol. The second-order valence-corrected chi connectivity index (χ2v) is 7.06. The van der Waals surface area contributed by atoms with Crippen molar-refractivity contribution >= 4 is 30.1 Å². The Morgan fingerprint density at radius 3 is 2.28 bits per heavy atom. The molecule has 3 rings (SSSR count). The number of nitrogens with zero attached hydrogens (tertiary/aromatic N) is 2. The molecule has 1 aromatic carbocycles. The zero-order chi connectivity index (χ0) is 17.3. The molecule has 0 aliphatic carbocycles. The highest BCUT2D eigenvalue weighted by Crippen LogP contribution is 2.29. The summed E-state index contributed by atoms with van der Waals surface area (Å²) in [6.07, 6.45) is 1.51. The van der Waals surface area contributed by atoms with Crippen molar-refractivity contribution in [2.24, 2.45) is 11.1 Å². The number of amides is 3. The minimum atomic E-state index is -0.127. The summed E-state index contributed by atoms with van der Waals surface area (Å²) in [6, 6.07) is 7.15. The van der Waals surface area contributed by atoms with Crippen molar-refractivity contribution in [2.75, 3.05) is 19.6 Å². The van der Waals surface area contributed by atoms with E-state index < -0.39 is 0 Å². The van der Waals surface area contributed by atoms with Gasteiger partial charge >= 0.3 is 0 Å². The highest BCUT2D eigenvalue weighted by atomic mass is 35.5. The Hall–Kier alpha value is -1.92. The van der Waals surface area contributed by atoms with Crippen LogP contribution >= 0.6 is 12.4 Å². The summed E-state index contributed by atoms with van der Waals surface area (Å²) in [5.74, 6) is -0.247. The first-order chi connectivity index (χ1) is 11.4. The summed E-state index contributed by atoms with van der Waals surface area (Å²) in [6.45, 7) is 4.37. The monoisotopic (exact) mass is 365 g/mol. The Morgan fingerprint density at radius 2 is 1.76 bits per heavy atom. The molecule has 25 heavy (non-hydrogen) atoms. The molecule has 0 aromatic heterocycles. The largest absolute Gasteiger partial charge is 0.338 e. The maximum absolute atomic E-state index is 12.6. The van der Waals surface area contributed by atoms with Gasteiger partial charge in [0, 0.05) is 31.5 Å². The van der Waals surface area contributed by atoms with E-state index in [-0.39, 0.29) is 42.1 Å². The normalized spacial score (nSPS) is 23.1. The summed E-state index contributed by atoms with van der Waals surface area (Å²) in [4.78, 5) is 39.0. The van der Waals surface area contributed by atoms with Crippen molar-refractivity contribution in [3.63, 3.8) is 0 Å². The molecule has 2 fully saturated rings. The number of imide groups is 1. The molecule has 2 N–H and O–H groups in total. The van der Waals surface area contributed by atoms with Crippen LogP contribution in [0.2, 0.25) is 0 Å². The third-order valence-electron chi connectivity index (χ3n) is 5.03. The number of nitrogens with two attached hydrogens (primary N) is 1. The first-order valence-electron chi connectivity index (χ1n) is 8.33. The zero-order valence-electron chi connectivity index (χ0n) is 14.4. The fraction of sp³-hybridized carbons (Fsp3) is 0.500. The maximum atomic E-state index is 12.6. The van der Waals surface area contributed by atoms with E-state index in [4.69, 9.17) is 5.73 Å². The van der Waals surface area contributed by atoms with Gasteiger partial charge in [0.25, 0.3) is 5.91 Å². The van der Waals surface area contributed by atoms with E-state index >= 15 is 0 Å². The maximum Gasteiger partial charge on any atom is 0.253 e. The average Bonchev–Trinajstić information content (AvgIpc) is 3.13. The van der Waals surface area contributed by atoms with E-state index in [9.17, 15) is 14.4 Å². The molecule has 3 amide bonds. The molecule has 6 nitrogen and oxygen atoms in total. The van der Waals surface area contributed by atoms with Gasteiger partial charge in [0.1, 0.15) is 0 Å². The van der Waals surface area contributed by atoms with E-state index in [1.165, 1.54) is 4.90 Å². The lowest BCUT2D eigenvalue weighted by molar-refractivity contribution is -0.139. The van der Waals surface area contributed by atoms with Crippen LogP contribution in [-0.2, 0) is 16.1 Å². The Labute approximate surface area is 153 Å². The molecular weight excluding hydrogens is 342 g/mol. The molecule has 1 aromatic rings. The lowest BCUT2D eigenvalue weighted by Crippen LogP contribution is -2.34. The van der Waals surface area contributed by atoms with Gasteiger partial charge in [0.15, 0.2) is 0 Å². The standard InChI is InChI=1S/C18H23N3O3.ClH/c1-18(11-19)8-9-20(12-18)17(24)14-4-2-13(3-5-14)10-21-15(22)6-7-16(21)23;/h2-5H,6-12,19H2,1H3;1H. The van der Waals surface area contributed by atoms with Gasteiger partial charge in [-0.05, 0) is 36.1 Å². The first-order valence-corrected chi connectivity index (χ1v) is 8.33. The quantitative estimate of drug-likeness (QED) is 0.821. The number of hydrogen-bond donors (Lipinski definition) is 1. The molecule has 0 radical (unpaired) electrons. The van der Waals surface area contributed by atoms with Crippen LogP contribution in [-0.4, -0.2) is 47.2 Å². The predicted molar refractivity (Wildman–Crippen MR) is 96.2 cm³/mol. The zero-order valence-corrected chi connectivity index (χ0v) is 15.2. The molecule has 0 saturated carbocycles. The van der Waals surface area contributed by atoms with E-state index in [1.54, 1.807) is 12.1 Å². The number of rotatable bonds is 4. The molecule has 0 bridgehead atoms. The number of carbonyl (C=O) groups excluding carboxylic acids is 3. The fourth-order valence-corrected chi connectivity index (χ4v) is 3.28. The van der Waals surface area contributed by atoms with Crippen LogP contribution in [0.25, 0.3) is 0 Å². The van der Waals surface area contributed by atoms with Gasteiger partial charge in [-0.25, -0.2) is 0 Å². The van der Waals surface area contributed by atoms with Crippen LogP contribution in [0.5, 0.6) is 0 Å². The van der Waals surface area contributed by atoms with Crippen molar-refractivity contribution in [1.82, 2.24) is 9.80 Å². The van der Waals surface area contributed by atoms with Crippen LogP contribution in [0.4, 0.5) is 0 Å². The van der Waals surface area contributed by atoms with Crippen molar-refractivity contribution < 1.29 is 14.4 Å². The Balaban J connectivity index is 0.00000225. The van der Waals surface area contributed by atoms with Gasteiger partial charge in [-0.1, -0.05) is 19.1 Å². The summed E-state index contributed by atoms with van der Waals surface area (Å²) < 4.78 is 0. The van der Waals surface area contributed by atoms with Crippen LogP contribution in [0, 0.1) is 5.41 Å². The smallest absolute Gasteiger partial charge is 0.253 e. The van der Waals surface area contributed by atoms with Crippen LogP contribution in [0.1, 0.15) is 42.1 Å². The summed E-state index contributed by atoms with van der Waals surface area (Å²) in [7, 11) is 0. The lowest BCUT2D eigenvalue weighted by Gasteiger charge is -2.22. The minimum absolute atomic E-state index is 0. The third kappa shape index (κ3) is 4.02. The second-order valence-electron chi connectivity index (χ2n) is 7.06. The van der Waals surface area contributed by atoms with Gasteiger partial charge in [-0.2, -0.15) is 0 Å². The molecule has 1 unspecified atom stereocenters. The Morgan fingerprint density at radius 1 is 1.16 bits per heavy atom. The molecule has 2 aliphatic heterocycles. The molecule has 2 heterocycles. The van der Waals surface area contributed by atoms with E-state index in [0.717, 1.165) is 18.5 Å². The molecule has 1 atom stereocenters. The molecule has 0 spiro atoms. The topological polar surface area (TPSA) is 83.7 Å². The number of hydrogen-bond acceptors (Lipinski definition) is 4. The predicted octanol–water partition coefficient (Wildman–Crippen LogP) is 1.57. The molecule has 7 heteroatoms. The van der Waals surface area contributed by atoms with Crippen molar-refractivity contribution in [1.29, 1.82) is 0 Å². The van der Waals surface area contributed by atoms with Gasteiger partial charge in [-0.3, -0.25) is 19.3 Å². The van der Waals surface area contributed by atoms with Crippen molar-refractivity contribution in [2.45, 2.75) is 32.7 Å². The van der Waals surface area contributed by atoms with E-state index in [1.807, 2.05) is 17.0 Å². The van der Waals surface area contributed by atoms with Gasteiger partial charge < -0.3 is 10.6 Å². The minimum Gasteiger partial charge on any atom is -0.338 e. The van der Waals surface area contributed by atoms with Crippen LogP contribution < -0.4 is 5.73 Å². The third-order valence-corrected chi connectivity index (χ3v) is 5.03. The molecular formula is C18H24ClN3O3. The highest BCUT2D eigenvalue weighted by Gasteiger charge is 2.35. The van der Waals surface area contributed by atoms with Crippen LogP contribution in [0.15, 0.2) is 24.3 Å². The summed E-state index contributed by atoms with van der Waals surface area (Å²) >= 11 is 0. The SMILES string of the molecule is CC1(CN)CCN(C(=O)c2ccc(CN3C(=O)CCC3=O)cc2)C1.Cl. The van der Waals surface area contributed by atoms with Gasteiger partial charge in [0.05, 0.1) is 6.54 Å². The van der Waals surface area contributed by atoms with Crippen molar-refractivity contribution in [3.05, 3.63) is 35.4 Å². The number of carbonyl (C=O) groups is 3. The van der Waals surface area contributed by atoms with Crippen molar-refractivity contribution in [3.8, 4) is 0 Å². The number of benzene rings is 1. The van der Waals surface area contributed by atoms with Gasteiger partial charge in [0.2, 0.25) is 11.8 Å². The second kappa shape index (κ2) is 7.54. The Kier molecular flexibility index (Phi) is 5.85. The van der Waals surface area contributed by atoms with Crippen LogP contribution in [0.3, 0.4) is 0 Å². The molecule has 136 valence electrons. The number of halogens is 1. The summed E-state index contributed by atoms with van der Waals surface area (Å²) in [5, 5.41) is 0. The van der Waals surface area contributed by atoms with E-state index in [0.29, 0.717) is 31.5 Å².